The van der Waals surface area contributed by atoms with Crippen molar-refractivity contribution in [1.82, 2.24) is 9.71 Å². The Bertz CT molecular complexity index is 671. The molecular weight excluding hydrogens is 286 g/mol. The van der Waals surface area contributed by atoms with Gasteiger partial charge in [0.25, 0.3) is 0 Å². The first-order valence-electron chi connectivity index (χ1n) is 5.84. The van der Waals surface area contributed by atoms with Crippen molar-refractivity contribution in [2.45, 2.75) is 11.3 Å². The van der Waals surface area contributed by atoms with Crippen LogP contribution in [0.4, 0.5) is 8.78 Å². The van der Waals surface area contributed by atoms with Crippen LogP contribution in [0.15, 0.2) is 47.5 Å². The second-order valence-corrected chi connectivity index (χ2v) is 5.72. The maximum absolute atomic E-state index is 13.4. The van der Waals surface area contributed by atoms with Crippen molar-refractivity contribution in [2.24, 2.45) is 0 Å². The molecule has 0 atom stereocenters. The molecule has 0 amide bonds. The van der Waals surface area contributed by atoms with Crippen LogP contribution in [0.3, 0.4) is 0 Å². The van der Waals surface area contributed by atoms with E-state index in [2.05, 4.69) is 9.71 Å². The lowest BCUT2D eigenvalue weighted by Crippen LogP contribution is -2.27. The average Bonchev–Trinajstić information content (AvgIpc) is 2.39. The summed E-state index contributed by atoms with van der Waals surface area (Å²) in [4.78, 5) is 3.07. The summed E-state index contributed by atoms with van der Waals surface area (Å²) in [6, 6.07) is 8.15. The van der Waals surface area contributed by atoms with Crippen LogP contribution < -0.4 is 4.72 Å². The van der Waals surface area contributed by atoms with Gasteiger partial charge in [0.1, 0.15) is 11.6 Å². The molecule has 1 aromatic heterocycles. The van der Waals surface area contributed by atoms with Gasteiger partial charge in [-0.15, -0.1) is 0 Å². The Morgan fingerprint density at radius 2 is 1.75 bits per heavy atom. The Labute approximate surface area is 115 Å². The minimum Gasteiger partial charge on any atom is -0.261 e. The molecule has 0 fully saturated rings. The van der Waals surface area contributed by atoms with E-state index in [4.69, 9.17) is 0 Å². The van der Waals surface area contributed by atoms with Crippen LogP contribution in [0.25, 0.3) is 0 Å². The molecule has 106 valence electrons. The van der Waals surface area contributed by atoms with Crippen molar-refractivity contribution in [1.29, 1.82) is 0 Å². The van der Waals surface area contributed by atoms with Gasteiger partial charge in [-0.2, -0.15) is 0 Å². The molecule has 0 aliphatic rings. The van der Waals surface area contributed by atoms with Crippen molar-refractivity contribution in [3.05, 3.63) is 59.9 Å². The molecular formula is C13H12F2N2O2S. The molecule has 2 aromatic rings. The summed E-state index contributed by atoms with van der Waals surface area (Å²) in [5.41, 5.74) is 0.684. The fourth-order valence-corrected chi connectivity index (χ4v) is 2.84. The number of hydrogen-bond donors (Lipinski definition) is 1. The average molecular weight is 298 g/mol. The molecule has 0 saturated heterocycles. The zero-order valence-corrected chi connectivity index (χ0v) is 11.2. The molecule has 1 heterocycles. The number of rotatable bonds is 5. The third kappa shape index (κ3) is 3.37. The van der Waals surface area contributed by atoms with Gasteiger partial charge in [-0.1, -0.05) is 12.1 Å². The first-order chi connectivity index (χ1) is 9.50. The molecule has 0 radical (unpaired) electrons. The maximum atomic E-state index is 13.4. The van der Waals surface area contributed by atoms with Gasteiger partial charge in [0, 0.05) is 24.9 Å². The quantitative estimate of drug-likeness (QED) is 0.917. The van der Waals surface area contributed by atoms with Gasteiger partial charge in [-0.25, -0.2) is 21.9 Å². The van der Waals surface area contributed by atoms with Crippen LogP contribution >= 0.6 is 0 Å². The Morgan fingerprint density at radius 1 is 1.05 bits per heavy atom. The van der Waals surface area contributed by atoms with Crippen molar-refractivity contribution in [3.8, 4) is 0 Å². The van der Waals surface area contributed by atoms with Crippen molar-refractivity contribution in [2.75, 3.05) is 6.54 Å². The van der Waals surface area contributed by atoms with Gasteiger partial charge >= 0.3 is 0 Å². The molecule has 0 unspecified atom stereocenters. The molecule has 1 N–H and O–H groups in total. The van der Waals surface area contributed by atoms with Gasteiger partial charge in [0.2, 0.25) is 10.0 Å². The number of nitrogens with one attached hydrogen (secondary N) is 1. The minimum absolute atomic E-state index is 0.00706. The predicted octanol–water partition coefficient (Wildman–Crippen LogP) is 1.88. The standard InChI is InChI=1S/C13H12F2N2O2S/c14-11-5-3-6-12(15)13(11)20(18,19)17-9-7-10-4-1-2-8-16-10/h1-6,8,17H,7,9H2. The second-order valence-electron chi connectivity index (χ2n) is 4.02. The normalized spacial score (nSPS) is 11.5. The van der Waals surface area contributed by atoms with Crippen LogP contribution in [0.5, 0.6) is 0 Å². The van der Waals surface area contributed by atoms with E-state index in [-0.39, 0.29) is 6.54 Å². The first-order valence-corrected chi connectivity index (χ1v) is 7.32. The molecule has 0 aliphatic carbocycles. The van der Waals surface area contributed by atoms with Gasteiger partial charge in [0.15, 0.2) is 4.90 Å². The summed E-state index contributed by atoms with van der Waals surface area (Å²) in [6.45, 7) is 0.00706. The summed E-state index contributed by atoms with van der Waals surface area (Å²) in [7, 11) is -4.22. The van der Waals surface area contributed by atoms with Crippen LogP contribution in [0, 0.1) is 11.6 Å². The third-order valence-corrected chi connectivity index (χ3v) is 4.10. The lowest BCUT2D eigenvalue weighted by molar-refractivity contribution is 0.514. The molecule has 7 heteroatoms. The number of pyridine rings is 1. The number of nitrogens with zero attached hydrogens (tertiary/aromatic N) is 1. The minimum atomic E-state index is -4.22. The lowest BCUT2D eigenvalue weighted by Gasteiger charge is -2.08. The topological polar surface area (TPSA) is 59.1 Å². The maximum Gasteiger partial charge on any atom is 0.246 e. The van der Waals surface area contributed by atoms with E-state index >= 15 is 0 Å². The highest BCUT2D eigenvalue weighted by atomic mass is 32.2. The number of halogens is 2. The zero-order chi connectivity index (χ0) is 14.6. The van der Waals surface area contributed by atoms with Gasteiger partial charge in [-0.05, 0) is 24.3 Å². The largest absolute Gasteiger partial charge is 0.261 e. The first kappa shape index (κ1) is 14.5. The van der Waals surface area contributed by atoms with Gasteiger partial charge < -0.3 is 0 Å². The van der Waals surface area contributed by atoms with Gasteiger partial charge in [-0.3, -0.25) is 4.98 Å². The monoisotopic (exact) mass is 298 g/mol. The van der Waals surface area contributed by atoms with Crippen molar-refractivity contribution in [3.63, 3.8) is 0 Å². The second kappa shape index (κ2) is 6.06. The number of hydrogen-bond acceptors (Lipinski definition) is 3. The Morgan fingerprint density at radius 3 is 2.35 bits per heavy atom. The molecule has 0 bridgehead atoms. The fraction of sp³-hybridized carbons (Fsp3) is 0.154. The molecule has 0 saturated carbocycles. The van der Waals surface area contributed by atoms with E-state index in [1.54, 1.807) is 24.4 Å². The summed E-state index contributed by atoms with van der Waals surface area (Å²) in [6.07, 6.45) is 1.91. The fourth-order valence-electron chi connectivity index (χ4n) is 1.67. The summed E-state index contributed by atoms with van der Waals surface area (Å²) in [5, 5.41) is 0. The highest BCUT2D eigenvalue weighted by Gasteiger charge is 2.23. The lowest BCUT2D eigenvalue weighted by atomic mass is 10.3. The van der Waals surface area contributed by atoms with Crippen LogP contribution in [0.2, 0.25) is 0 Å². The van der Waals surface area contributed by atoms with E-state index in [1.807, 2.05) is 0 Å². The number of aromatic nitrogens is 1. The Kier molecular flexibility index (Phi) is 4.41. The number of sulfonamides is 1. The van der Waals surface area contributed by atoms with E-state index in [1.165, 1.54) is 0 Å². The van der Waals surface area contributed by atoms with Crippen molar-refractivity contribution >= 4 is 10.0 Å². The van der Waals surface area contributed by atoms with Crippen molar-refractivity contribution < 1.29 is 17.2 Å². The molecule has 0 spiro atoms. The summed E-state index contributed by atoms with van der Waals surface area (Å²) < 4.78 is 52.7. The van der Waals surface area contributed by atoms with E-state index in [0.29, 0.717) is 12.1 Å². The van der Waals surface area contributed by atoms with E-state index in [9.17, 15) is 17.2 Å². The van der Waals surface area contributed by atoms with Crippen LogP contribution in [-0.2, 0) is 16.4 Å². The highest BCUT2D eigenvalue weighted by molar-refractivity contribution is 7.89. The van der Waals surface area contributed by atoms with E-state index in [0.717, 1.165) is 18.2 Å². The smallest absolute Gasteiger partial charge is 0.246 e. The molecule has 1 aromatic carbocycles. The van der Waals surface area contributed by atoms with Gasteiger partial charge in [0.05, 0.1) is 0 Å². The summed E-state index contributed by atoms with van der Waals surface area (Å²) >= 11 is 0. The Balaban J connectivity index is 2.09. The molecule has 4 nitrogen and oxygen atoms in total. The molecule has 2 rings (SSSR count). The highest BCUT2D eigenvalue weighted by Crippen LogP contribution is 2.17. The molecule has 20 heavy (non-hydrogen) atoms. The Hall–Kier alpha value is -1.86. The van der Waals surface area contributed by atoms with Crippen LogP contribution in [-0.4, -0.2) is 19.9 Å². The third-order valence-electron chi connectivity index (χ3n) is 2.59. The number of benzene rings is 1. The van der Waals surface area contributed by atoms with Crippen LogP contribution in [0.1, 0.15) is 5.69 Å². The zero-order valence-electron chi connectivity index (χ0n) is 10.4. The molecule has 0 aliphatic heterocycles. The SMILES string of the molecule is O=S(=O)(NCCc1ccccn1)c1c(F)cccc1F. The predicted molar refractivity (Wildman–Crippen MR) is 69.5 cm³/mol. The van der Waals surface area contributed by atoms with E-state index < -0.39 is 26.6 Å². The summed E-state index contributed by atoms with van der Waals surface area (Å²) in [5.74, 6) is -2.23.